The Labute approximate surface area is 101 Å². The summed E-state index contributed by atoms with van der Waals surface area (Å²) >= 11 is 0. The summed E-state index contributed by atoms with van der Waals surface area (Å²) < 4.78 is 0. The van der Waals surface area contributed by atoms with Crippen LogP contribution in [0.5, 0.6) is 0 Å². The SMILES string of the molecule is CN(C)CCCc1c(C(=O)O)ccc(N)c1N. The summed E-state index contributed by atoms with van der Waals surface area (Å²) in [5.41, 5.74) is 13.2. The van der Waals surface area contributed by atoms with Gasteiger partial charge in [-0.25, -0.2) is 4.79 Å². The van der Waals surface area contributed by atoms with Gasteiger partial charge in [-0.3, -0.25) is 0 Å². The Balaban J connectivity index is 2.94. The van der Waals surface area contributed by atoms with Crippen LogP contribution < -0.4 is 11.5 Å². The van der Waals surface area contributed by atoms with Crippen LogP contribution in [0.4, 0.5) is 11.4 Å². The molecule has 0 spiro atoms. The average molecular weight is 237 g/mol. The van der Waals surface area contributed by atoms with Gasteiger partial charge in [0.15, 0.2) is 0 Å². The normalized spacial score (nSPS) is 10.8. The Bertz CT molecular complexity index is 416. The van der Waals surface area contributed by atoms with E-state index in [1.807, 2.05) is 19.0 Å². The minimum absolute atomic E-state index is 0.246. The van der Waals surface area contributed by atoms with Crippen molar-refractivity contribution < 1.29 is 9.90 Å². The molecule has 0 fully saturated rings. The lowest BCUT2D eigenvalue weighted by molar-refractivity contribution is 0.0695. The molecule has 0 aliphatic rings. The van der Waals surface area contributed by atoms with Crippen LogP contribution in [0.2, 0.25) is 0 Å². The van der Waals surface area contributed by atoms with E-state index in [-0.39, 0.29) is 5.56 Å². The van der Waals surface area contributed by atoms with Crippen LogP contribution in [-0.4, -0.2) is 36.6 Å². The number of benzene rings is 1. The van der Waals surface area contributed by atoms with Gasteiger partial charge in [0.05, 0.1) is 16.9 Å². The molecule has 0 saturated carbocycles. The minimum Gasteiger partial charge on any atom is -0.478 e. The Hall–Kier alpha value is -1.75. The Morgan fingerprint density at radius 3 is 2.53 bits per heavy atom. The van der Waals surface area contributed by atoms with Crippen molar-refractivity contribution in [2.45, 2.75) is 12.8 Å². The van der Waals surface area contributed by atoms with E-state index in [9.17, 15) is 4.79 Å². The zero-order valence-corrected chi connectivity index (χ0v) is 10.2. The number of carboxylic acid groups (broad SMARTS) is 1. The van der Waals surface area contributed by atoms with Crippen molar-refractivity contribution in [1.82, 2.24) is 4.90 Å². The third kappa shape index (κ3) is 3.35. The molecule has 17 heavy (non-hydrogen) atoms. The fourth-order valence-corrected chi connectivity index (χ4v) is 1.72. The first-order valence-corrected chi connectivity index (χ1v) is 5.48. The summed E-state index contributed by atoms with van der Waals surface area (Å²) in [6.45, 7) is 0.882. The zero-order valence-electron chi connectivity index (χ0n) is 10.2. The second-order valence-electron chi connectivity index (χ2n) is 4.31. The van der Waals surface area contributed by atoms with E-state index < -0.39 is 5.97 Å². The molecule has 0 saturated heterocycles. The maximum absolute atomic E-state index is 11.1. The molecule has 5 nitrogen and oxygen atoms in total. The van der Waals surface area contributed by atoms with Crippen LogP contribution in [0.15, 0.2) is 12.1 Å². The summed E-state index contributed by atoms with van der Waals surface area (Å²) in [6.07, 6.45) is 1.47. The lowest BCUT2D eigenvalue weighted by atomic mass is 9.99. The van der Waals surface area contributed by atoms with Gasteiger partial charge >= 0.3 is 5.97 Å². The quantitative estimate of drug-likeness (QED) is 0.665. The summed E-state index contributed by atoms with van der Waals surface area (Å²) in [7, 11) is 3.95. The number of aromatic carboxylic acids is 1. The molecular formula is C12H19N3O2. The van der Waals surface area contributed by atoms with Gasteiger partial charge in [-0.2, -0.15) is 0 Å². The summed E-state index contributed by atoms with van der Waals surface area (Å²) in [6, 6.07) is 3.05. The number of nitrogen functional groups attached to an aromatic ring is 2. The first-order chi connectivity index (χ1) is 7.93. The predicted molar refractivity (Wildman–Crippen MR) is 69.1 cm³/mol. The fourth-order valence-electron chi connectivity index (χ4n) is 1.72. The molecule has 0 unspecified atom stereocenters. The molecule has 5 heteroatoms. The van der Waals surface area contributed by atoms with E-state index in [0.717, 1.165) is 13.0 Å². The second kappa shape index (κ2) is 5.54. The third-order valence-electron chi connectivity index (χ3n) is 2.65. The maximum atomic E-state index is 11.1. The number of nitrogens with zero attached hydrogens (tertiary/aromatic N) is 1. The highest BCUT2D eigenvalue weighted by Crippen LogP contribution is 2.25. The number of hydrogen-bond acceptors (Lipinski definition) is 4. The predicted octanol–water partition coefficient (Wildman–Crippen LogP) is 1.04. The molecule has 0 aliphatic carbocycles. The maximum Gasteiger partial charge on any atom is 0.336 e. The van der Waals surface area contributed by atoms with Crippen LogP contribution in [0, 0.1) is 0 Å². The van der Waals surface area contributed by atoms with Gasteiger partial charge in [-0.1, -0.05) is 0 Å². The van der Waals surface area contributed by atoms with E-state index >= 15 is 0 Å². The van der Waals surface area contributed by atoms with E-state index in [4.69, 9.17) is 16.6 Å². The number of hydrogen-bond donors (Lipinski definition) is 3. The molecular weight excluding hydrogens is 218 g/mol. The highest BCUT2D eigenvalue weighted by atomic mass is 16.4. The van der Waals surface area contributed by atoms with Crippen LogP contribution in [-0.2, 0) is 6.42 Å². The number of carboxylic acids is 1. The fraction of sp³-hybridized carbons (Fsp3) is 0.417. The summed E-state index contributed by atoms with van der Waals surface area (Å²) in [5, 5.41) is 9.08. The van der Waals surface area contributed by atoms with Crippen molar-refractivity contribution in [1.29, 1.82) is 0 Å². The van der Waals surface area contributed by atoms with Gasteiger partial charge < -0.3 is 21.5 Å². The van der Waals surface area contributed by atoms with Crippen LogP contribution in [0.3, 0.4) is 0 Å². The summed E-state index contributed by atoms with van der Waals surface area (Å²) in [5.74, 6) is -0.962. The van der Waals surface area contributed by atoms with Gasteiger partial charge in [-0.15, -0.1) is 0 Å². The van der Waals surface area contributed by atoms with Gasteiger partial charge in [0, 0.05) is 0 Å². The van der Waals surface area contributed by atoms with Gasteiger partial charge in [-0.05, 0) is 51.2 Å². The van der Waals surface area contributed by atoms with Crippen molar-refractivity contribution >= 4 is 17.3 Å². The Kier molecular flexibility index (Phi) is 4.34. The number of nitrogens with two attached hydrogens (primary N) is 2. The minimum atomic E-state index is -0.962. The largest absolute Gasteiger partial charge is 0.478 e. The zero-order chi connectivity index (χ0) is 13.0. The van der Waals surface area contributed by atoms with Crippen molar-refractivity contribution in [3.63, 3.8) is 0 Å². The molecule has 0 aromatic heterocycles. The Morgan fingerprint density at radius 2 is 2.00 bits per heavy atom. The molecule has 5 N–H and O–H groups in total. The molecule has 1 rings (SSSR count). The summed E-state index contributed by atoms with van der Waals surface area (Å²) in [4.78, 5) is 13.1. The molecule has 1 aromatic carbocycles. The molecule has 1 aromatic rings. The average Bonchev–Trinajstić information content (AvgIpc) is 2.23. The first-order valence-electron chi connectivity index (χ1n) is 5.48. The van der Waals surface area contributed by atoms with Gasteiger partial charge in [0.2, 0.25) is 0 Å². The molecule has 0 amide bonds. The lowest BCUT2D eigenvalue weighted by Gasteiger charge is -2.13. The molecule has 0 aliphatic heterocycles. The number of carbonyl (C=O) groups is 1. The topological polar surface area (TPSA) is 92.6 Å². The molecule has 0 heterocycles. The number of anilines is 2. The van der Waals surface area contributed by atoms with Gasteiger partial charge in [0.1, 0.15) is 0 Å². The van der Waals surface area contributed by atoms with Crippen molar-refractivity contribution in [2.24, 2.45) is 0 Å². The molecule has 0 bridgehead atoms. The smallest absolute Gasteiger partial charge is 0.336 e. The highest BCUT2D eigenvalue weighted by molar-refractivity contribution is 5.93. The van der Waals surface area contributed by atoms with Crippen molar-refractivity contribution in [3.05, 3.63) is 23.3 Å². The van der Waals surface area contributed by atoms with Crippen molar-refractivity contribution in [2.75, 3.05) is 32.1 Å². The molecule has 0 atom stereocenters. The first kappa shape index (κ1) is 13.3. The van der Waals surface area contributed by atoms with Crippen LogP contribution in [0.25, 0.3) is 0 Å². The highest BCUT2D eigenvalue weighted by Gasteiger charge is 2.14. The second-order valence-corrected chi connectivity index (χ2v) is 4.31. The van der Waals surface area contributed by atoms with Crippen molar-refractivity contribution in [3.8, 4) is 0 Å². The third-order valence-corrected chi connectivity index (χ3v) is 2.65. The van der Waals surface area contributed by atoms with Crippen LogP contribution in [0.1, 0.15) is 22.3 Å². The van der Waals surface area contributed by atoms with Gasteiger partial charge in [0.25, 0.3) is 0 Å². The number of rotatable bonds is 5. The van der Waals surface area contributed by atoms with Crippen LogP contribution >= 0.6 is 0 Å². The van der Waals surface area contributed by atoms with E-state index in [1.165, 1.54) is 12.1 Å². The van der Waals surface area contributed by atoms with E-state index in [1.54, 1.807) is 0 Å². The van der Waals surface area contributed by atoms with E-state index in [2.05, 4.69) is 0 Å². The molecule has 0 radical (unpaired) electrons. The van der Waals surface area contributed by atoms with E-state index in [0.29, 0.717) is 23.4 Å². The molecule has 94 valence electrons. The lowest BCUT2D eigenvalue weighted by Crippen LogP contribution is -2.15. The standard InChI is InChI=1S/C12H19N3O2/c1-15(2)7-3-4-8-9(12(16)17)5-6-10(13)11(8)14/h5-6H,3-4,7,13-14H2,1-2H3,(H,16,17). The Morgan fingerprint density at radius 1 is 1.35 bits per heavy atom. The monoisotopic (exact) mass is 237 g/mol.